The fraction of sp³-hybridized carbons (Fsp3) is 0.927. The summed E-state index contributed by atoms with van der Waals surface area (Å²) in [5.41, 5.74) is -0.239. The smallest absolute Gasteiger partial charge is 0.310 e. The molecule has 18 atom stereocenters. The van der Waals surface area contributed by atoms with E-state index in [1.807, 2.05) is 0 Å². The van der Waals surface area contributed by atoms with Gasteiger partial charge in [0, 0.05) is 5.41 Å². The van der Waals surface area contributed by atoms with Gasteiger partial charge in [0.05, 0.1) is 30.8 Å². The van der Waals surface area contributed by atoms with Crippen LogP contribution in [0.1, 0.15) is 113 Å². The van der Waals surface area contributed by atoms with Gasteiger partial charge in [0.2, 0.25) is 0 Å². The molecule has 13 heteroatoms. The molecule has 5 aliphatic carbocycles. The zero-order valence-corrected chi connectivity index (χ0v) is 33.2. The van der Waals surface area contributed by atoms with Gasteiger partial charge in [-0.3, -0.25) is 4.79 Å². The lowest BCUT2D eigenvalue weighted by molar-refractivity contribution is -0.365. The molecule has 6 fully saturated rings. The van der Waals surface area contributed by atoms with Crippen molar-refractivity contribution in [2.24, 2.45) is 50.2 Å². The number of carbonyl (C=O) groups is 1. The van der Waals surface area contributed by atoms with Gasteiger partial charge in [-0.25, -0.2) is 0 Å². The third-order valence-electron chi connectivity index (χ3n) is 17.0. The molecule has 9 N–H and O–H groups in total. The van der Waals surface area contributed by atoms with Crippen LogP contribution < -0.4 is 0 Å². The first-order valence-corrected chi connectivity index (χ1v) is 20.2. The largest absolute Gasteiger partial charge is 0.481 e. The Hall–Kier alpha value is -1.23. The first-order chi connectivity index (χ1) is 24.7. The van der Waals surface area contributed by atoms with E-state index in [-0.39, 0.29) is 52.2 Å². The Morgan fingerprint density at radius 2 is 1.52 bits per heavy atom. The molecule has 2 aliphatic heterocycles. The van der Waals surface area contributed by atoms with Crippen LogP contribution in [-0.4, -0.2) is 122 Å². The summed E-state index contributed by atoms with van der Waals surface area (Å²) < 4.78 is 24.3. The lowest BCUT2D eigenvalue weighted by atomic mass is 9.33. The van der Waals surface area contributed by atoms with E-state index in [4.69, 9.17) is 18.9 Å². The molecule has 7 rings (SSSR count). The minimum atomic E-state index is -1.62. The summed E-state index contributed by atoms with van der Waals surface area (Å²) in [6.07, 6.45) is -1.79. The van der Waals surface area contributed by atoms with Crippen LogP contribution in [0.2, 0.25) is 0 Å². The molecule has 7 aliphatic rings. The average Bonchev–Trinajstić information content (AvgIpc) is 3.10. The first kappa shape index (κ1) is 42.4. The van der Waals surface area contributed by atoms with E-state index in [1.165, 1.54) is 12.5 Å². The molecule has 0 aromatic rings. The van der Waals surface area contributed by atoms with E-state index in [9.17, 15) is 40.5 Å². The Morgan fingerprint density at radius 1 is 0.833 bits per heavy atom. The number of hydrogen-bond acceptors (Lipinski definition) is 11. The molecule has 54 heavy (non-hydrogen) atoms. The summed E-state index contributed by atoms with van der Waals surface area (Å²) in [5, 5.41) is 74.9. The minimum Gasteiger partial charge on any atom is -0.481 e. The number of allylic oxidation sites excluding steroid dienone is 2. The van der Waals surface area contributed by atoms with Gasteiger partial charge in [0.25, 0.3) is 0 Å². The van der Waals surface area contributed by atoms with E-state index in [0.29, 0.717) is 18.8 Å². The number of aliphatic carboxylic acids is 1. The highest BCUT2D eigenvalue weighted by Crippen LogP contribution is 2.76. The number of hydrogen-bond donors (Lipinski definition) is 7. The molecule has 0 bridgehead atoms. The second-order valence-corrected chi connectivity index (χ2v) is 20.0. The predicted octanol–water partition coefficient (Wildman–Crippen LogP) is 2.70. The summed E-state index contributed by atoms with van der Waals surface area (Å²) in [6, 6.07) is 0. The molecular weight excluding hydrogens is 700 g/mol. The molecule has 0 aromatic heterocycles. The molecule has 0 amide bonds. The van der Waals surface area contributed by atoms with E-state index in [0.717, 1.165) is 51.4 Å². The fourth-order valence-electron chi connectivity index (χ4n) is 13.3. The molecule has 2 saturated heterocycles. The van der Waals surface area contributed by atoms with Gasteiger partial charge in [-0.05, 0) is 111 Å². The Labute approximate surface area is 319 Å². The molecule has 13 nitrogen and oxygen atoms in total. The van der Waals surface area contributed by atoms with Crippen molar-refractivity contribution < 1.29 is 65.0 Å². The summed E-state index contributed by atoms with van der Waals surface area (Å²) in [5.74, 6) is -0.194. The lowest BCUT2D eigenvalue weighted by Crippen LogP contribution is -2.67. The molecule has 0 spiro atoms. The van der Waals surface area contributed by atoms with Crippen molar-refractivity contribution in [2.45, 2.75) is 174 Å². The maximum atomic E-state index is 13.0. The van der Waals surface area contributed by atoms with Crippen LogP contribution >= 0.6 is 0 Å². The van der Waals surface area contributed by atoms with Crippen molar-refractivity contribution in [3.8, 4) is 0 Å². The molecule has 0 radical (unpaired) electrons. The highest BCUT2D eigenvalue weighted by atomic mass is 16.8. The van der Waals surface area contributed by atoms with Crippen LogP contribution in [0, 0.1) is 50.2 Å². The van der Waals surface area contributed by atoms with Crippen molar-refractivity contribution in [2.75, 3.05) is 13.2 Å². The monoisotopic (exact) mass is 768 g/mol. The standard InChI is InChI=1S/C41H66O12.H2O/c1-21-28(44)30(46)31(47)33(51-21)53-32-29(45)24(43)19-50-34(32)52-27-11-12-37(4)25(38(27,5)20-42)10-13-40(7)26(37)9-8-22-23-18-36(2,3)14-16-41(23,35(48)49)17-15-39(22,40)6;/h8,21,23-34,42-47H,9-20H2,1-7H3,(H,48,49);1H2/t21-,23-,24-,25+,26+,27-,28-,29-,30-,31+,32+,33?,34-,37-,38+,39+,40+,41-;/m0./s1. The number of carboxylic acids is 1. The van der Waals surface area contributed by atoms with Crippen LogP contribution in [0.5, 0.6) is 0 Å². The zero-order valence-electron chi connectivity index (χ0n) is 33.2. The van der Waals surface area contributed by atoms with Gasteiger partial charge in [-0.15, -0.1) is 0 Å². The van der Waals surface area contributed by atoms with Crippen LogP contribution in [0.15, 0.2) is 11.6 Å². The van der Waals surface area contributed by atoms with Crippen molar-refractivity contribution in [1.82, 2.24) is 0 Å². The normalized spacial score (nSPS) is 54.1. The fourth-order valence-corrected chi connectivity index (χ4v) is 13.3. The van der Waals surface area contributed by atoms with Gasteiger partial charge < -0.3 is 60.2 Å². The summed E-state index contributed by atoms with van der Waals surface area (Å²) >= 11 is 0. The van der Waals surface area contributed by atoms with Crippen molar-refractivity contribution in [3.63, 3.8) is 0 Å². The number of aliphatic hydroxyl groups excluding tert-OH is 6. The minimum absolute atomic E-state index is 0. The number of fused-ring (bicyclic) bond motifs is 7. The summed E-state index contributed by atoms with van der Waals surface area (Å²) in [7, 11) is 0. The Balaban J connectivity index is 0.00000497. The highest BCUT2D eigenvalue weighted by Gasteiger charge is 2.70. The Bertz CT molecular complexity index is 1440. The Kier molecular flexibility index (Phi) is 11.2. The van der Waals surface area contributed by atoms with E-state index in [2.05, 4.69) is 47.6 Å². The summed E-state index contributed by atoms with van der Waals surface area (Å²) in [4.78, 5) is 13.0. The van der Waals surface area contributed by atoms with Gasteiger partial charge in [-0.1, -0.05) is 53.2 Å². The van der Waals surface area contributed by atoms with Crippen molar-refractivity contribution >= 4 is 5.97 Å². The third kappa shape index (κ3) is 6.08. The maximum absolute atomic E-state index is 13.0. The van der Waals surface area contributed by atoms with Gasteiger partial charge >= 0.3 is 5.97 Å². The third-order valence-corrected chi connectivity index (χ3v) is 17.0. The van der Waals surface area contributed by atoms with E-state index < -0.39 is 78.2 Å². The van der Waals surface area contributed by atoms with Gasteiger partial charge in [0.15, 0.2) is 12.6 Å². The topological polar surface area (TPSA) is 227 Å². The van der Waals surface area contributed by atoms with Crippen LogP contribution in [0.3, 0.4) is 0 Å². The van der Waals surface area contributed by atoms with Crippen LogP contribution in [0.4, 0.5) is 0 Å². The SMILES string of the molecule is C[C@@H]1OC(O[C@H]2[C@H](O[C@H]3CC[C@@]4(C)[C@@H](CC[C@]5(C)[C@@H]4CC=C4[C@@H]6CC(C)(C)CC[C@]6(C(=O)O)CC[C@]45C)[C@@]3(C)CO)OC[C@H](O)[C@@H]2O)[C@H](O)[C@@H](O)[C@H]1O.O. The summed E-state index contributed by atoms with van der Waals surface area (Å²) in [6.45, 7) is 15.1. The quantitative estimate of drug-likeness (QED) is 0.153. The van der Waals surface area contributed by atoms with Crippen molar-refractivity contribution in [3.05, 3.63) is 11.6 Å². The Morgan fingerprint density at radius 3 is 2.19 bits per heavy atom. The average molecular weight is 769 g/mol. The molecule has 4 saturated carbocycles. The highest BCUT2D eigenvalue weighted by molar-refractivity contribution is 5.76. The van der Waals surface area contributed by atoms with E-state index in [1.54, 1.807) is 0 Å². The number of rotatable bonds is 6. The van der Waals surface area contributed by atoms with Crippen LogP contribution in [-0.2, 0) is 23.7 Å². The van der Waals surface area contributed by atoms with Crippen LogP contribution in [0.25, 0.3) is 0 Å². The zero-order chi connectivity index (χ0) is 38.7. The number of aliphatic hydroxyl groups is 6. The first-order valence-electron chi connectivity index (χ1n) is 20.2. The lowest BCUT2D eigenvalue weighted by Gasteiger charge is -2.71. The van der Waals surface area contributed by atoms with Gasteiger partial charge in [-0.2, -0.15) is 0 Å². The molecule has 310 valence electrons. The number of carboxylic acid groups (broad SMARTS) is 1. The van der Waals surface area contributed by atoms with Gasteiger partial charge in [0.1, 0.15) is 36.6 Å². The second-order valence-electron chi connectivity index (χ2n) is 20.0. The van der Waals surface area contributed by atoms with Crippen molar-refractivity contribution in [1.29, 1.82) is 0 Å². The molecule has 0 aromatic carbocycles. The molecular formula is C41H68O13. The molecule has 1 unspecified atom stereocenters. The molecule has 2 heterocycles. The number of ether oxygens (including phenoxy) is 4. The van der Waals surface area contributed by atoms with E-state index >= 15 is 0 Å². The predicted molar refractivity (Wildman–Crippen MR) is 196 cm³/mol. The second kappa shape index (κ2) is 14.2. The maximum Gasteiger partial charge on any atom is 0.310 e.